The molecule has 0 bridgehead atoms. The molecule has 180 valence electrons. The van der Waals surface area contributed by atoms with Gasteiger partial charge in [0.15, 0.2) is 6.23 Å². The molecule has 1 fully saturated rings. The second-order valence-electron chi connectivity index (χ2n) is 8.24. The molecule has 12 heteroatoms. The van der Waals surface area contributed by atoms with Gasteiger partial charge < -0.3 is 14.7 Å². The number of aromatic amines is 1. The Morgan fingerprint density at radius 3 is 2.58 bits per heavy atom. The summed E-state index contributed by atoms with van der Waals surface area (Å²) in [6, 6.07) is 0.984. The largest absolute Gasteiger partial charge is 0.453 e. The van der Waals surface area contributed by atoms with Gasteiger partial charge in [-0.2, -0.15) is 18.3 Å². The number of amides is 1. The maximum absolute atomic E-state index is 14.0. The van der Waals surface area contributed by atoms with Gasteiger partial charge in [-0.05, 0) is 30.4 Å². The van der Waals surface area contributed by atoms with E-state index in [9.17, 15) is 31.9 Å². The summed E-state index contributed by atoms with van der Waals surface area (Å²) in [7, 11) is 1.28. The minimum Gasteiger partial charge on any atom is -0.453 e. The number of hydrogen-bond donors (Lipinski definition) is 2. The predicted octanol–water partition coefficient (Wildman–Crippen LogP) is 3.70. The number of halogens is 5. The Hall–Kier alpha value is -2.73. The third kappa shape index (κ3) is 4.54. The average molecular weight is 474 g/mol. The molecule has 2 aliphatic heterocycles. The number of carbonyl (C=O) groups is 1. The first-order chi connectivity index (χ1) is 15.6. The third-order valence-corrected chi connectivity index (χ3v) is 6.33. The van der Waals surface area contributed by atoms with Gasteiger partial charge in [0.1, 0.15) is 17.3 Å². The standard InChI is InChI=1S/C21H23F5N4O3/c1-33-20(32)30-7-4-16-14(10-30)18(28-27-16)19(31)29-5-2-11(3-6-29)13-8-12(22)9-15(23)17(13)21(24,25)26/h8-9,11,19,31H,2-7,10H2,1H3,(H,27,28). The van der Waals surface area contributed by atoms with E-state index < -0.39 is 47.2 Å². The Labute approximate surface area is 186 Å². The predicted molar refractivity (Wildman–Crippen MR) is 105 cm³/mol. The van der Waals surface area contributed by atoms with Gasteiger partial charge in [-0.15, -0.1) is 0 Å². The average Bonchev–Trinajstić information content (AvgIpc) is 3.20. The van der Waals surface area contributed by atoms with E-state index in [1.54, 1.807) is 4.90 Å². The normalized spacial score (nSPS) is 18.8. The Bertz CT molecular complexity index is 1030. The maximum Gasteiger partial charge on any atom is 0.419 e. The van der Waals surface area contributed by atoms with Gasteiger partial charge in [-0.25, -0.2) is 13.6 Å². The summed E-state index contributed by atoms with van der Waals surface area (Å²) >= 11 is 0. The number of fused-ring (bicyclic) bond motifs is 1. The molecule has 33 heavy (non-hydrogen) atoms. The highest BCUT2D eigenvalue weighted by atomic mass is 19.4. The molecule has 0 radical (unpaired) electrons. The van der Waals surface area contributed by atoms with E-state index in [0.29, 0.717) is 24.2 Å². The number of likely N-dealkylation sites (tertiary alicyclic amines) is 1. The van der Waals surface area contributed by atoms with E-state index in [-0.39, 0.29) is 38.5 Å². The highest BCUT2D eigenvalue weighted by Crippen LogP contribution is 2.41. The highest BCUT2D eigenvalue weighted by molar-refractivity contribution is 5.68. The third-order valence-electron chi connectivity index (χ3n) is 6.33. The van der Waals surface area contributed by atoms with Crippen LogP contribution in [-0.4, -0.2) is 57.9 Å². The molecule has 0 aliphatic carbocycles. The lowest BCUT2D eigenvalue weighted by Crippen LogP contribution is -2.39. The van der Waals surface area contributed by atoms with Crippen LogP contribution < -0.4 is 0 Å². The van der Waals surface area contributed by atoms with Gasteiger partial charge in [0, 0.05) is 43.4 Å². The van der Waals surface area contributed by atoms with E-state index >= 15 is 0 Å². The zero-order chi connectivity index (χ0) is 23.9. The van der Waals surface area contributed by atoms with Crippen LogP contribution in [0.4, 0.5) is 26.7 Å². The van der Waals surface area contributed by atoms with E-state index in [0.717, 1.165) is 11.8 Å². The zero-order valence-corrected chi connectivity index (χ0v) is 17.8. The summed E-state index contributed by atoms with van der Waals surface area (Å²) in [5.74, 6) is -3.40. The van der Waals surface area contributed by atoms with Crippen LogP contribution in [0.15, 0.2) is 12.1 Å². The van der Waals surface area contributed by atoms with Crippen molar-refractivity contribution >= 4 is 6.09 Å². The SMILES string of the molecule is COC(=O)N1CCc2[nH]nc(C(O)N3CCC(c4cc(F)cc(F)c4C(F)(F)F)CC3)c2C1. The molecular weight excluding hydrogens is 451 g/mol. The number of benzene rings is 1. The molecule has 0 spiro atoms. The number of H-pyrrole nitrogens is 1. The number of nitrogens with one attached hydrogen (secondary N) is 1. The lowest BCUT2D eigenvalue weighted by molar-refractivity contribution is -0.141. The molecule has 4 rings (SSSR count). The fourth-order valence-corrected chi connectivity index (χ4v) is 4.66. The van der Waals surface area contributed by atoms with Crippen molar-refractivity contribution in [3.8, 4) is 0 Å². The van der Waals surface area contributed by atoms with E-state index in [1.807, 2.05) is 0 Å². The van der Waals surface area contributed by atoms with Crippen LogP contribution in [0, 0.1) is 11.6 Å². The number of nitrogens with zero attached hydrogens (tertiary/aromatic N) is 3. The fraction of sp³-hybridized carbons (Fsp3) is 0.524. The fourth-order valence-electron chi connectivity index (χ4n) is 4.66. The molecule has 1 amide bonds. The zero-order valence-electron chi connectivity index (χ0n) is 17.8. The van der Waals surface area contributed by atoms with Crippen LogP contribution in [0.1, 0.15) is 53.1 Å². The van der Waals surface area contributed by atoms with Crippen molar-refractivity contribution in [1.29, 1.82) is 0 Å². The molecular formula is C21H23F5N4O3. The molecule has 1 saturated heterocycles. The summed E-state index contributed by atoms with van der Waals surface area (Å²) < 4.78 is 72.6. The van der Waals surface area contributed by atoms with Crippen molar-refractivity contribution in [2.75, 3.05) is 26.7 Å². The quantitative estimate of drug-likeness (QED) is 0.664. The molecule has 7 nitrogen and oxygen atoms in total. The van der Waals surface area contributed by atoms with Crippen molar-refractivity contribution in [2.45, 2.75) is 44.1 Å². The van der Waals surface area contributed by atoms with Gasteiger partial charge in [-0.1, -0.05) is 0 Å². The molecule has 0 saturated carbocycles. The number of rotatable bonds is 3. The number of aliphatic hydroxyl groups is 1. The number of alkyl halides is 3. The topological polar surface area (TPSA) is 81.7 Å². The van der Waals surface area contributed by atoms with Crippen LogP contribution in [0.2, 0.25) is 0 Å². The van der Waals surface area contributed by atoms with E-state index in [2.05, 4.69) is 10.2 Å². The van der Waals surface area contributed by atoms with Crippen LogP contribution in [0.5, 0.6) is 0 Å². The first-order valence-electron chi connectivity index (χ1n) is 10.5. The first kappa shape index (κ1) is 23.4. The summed E-state index contributed by atoms with van der Waals surface area (Å²) in [4.78, 5) is 15.0. The van der Waals surface area contributed by atoms with Crippen LogP contribution in [0.3, 0.4) is 0 Å². The van der Waals surface area contributed by atoms with Gasteiger partial charge in [0.25, 0.3) is 0 Å². The molecule has 2 aliphatic rings. The Kier molecular flexibility index (Phi) is 6.32. The molecule has 1 aromatic carbocycles. The van der Waals surface area contributed by atoms with Crippen LogP contribution in [-0.2, 0) is 23.9 Å². The molecule has 1 unspecified atom stereocenters. The van der Waals surface area contributed by atoms with Crippen molar-refractivity contribution in [3.05, 3.63) is 51.8 Å². The summed E-state index contributed by atoms with van der Waals surface area (Å²) in [5, 5.41) is 18.0. The summed E-state index contributed by atoms with van der Waals surface area (Å²) in [6.45, 7) is 1.04. The van der Waals surface area contributed by atoms with Gasteiger partial charge in [0.2, 0.25) is 0 Å². The summed E-state index contributed by atoms with van der Waals surface area (Å²) in [5.41, 5.74) is -0.0333. The van der Waals surface area contributed by atoms with Crippen molar-refractivity contribution < 1.29 is 36.6 Å². The number of aromatic nitrogens is 2. The number of aliphatic hydroxyl groups excluding tert-OH is 1. The molecule has 1 aromatic heterocycles. The monoisotopic (exact) mass is 474 g/mol. The molecule has 1 atom stereocenters. The van der Waals surface area contributed by atoms with Crippen molar-refractivity contribution in [3.63, 3.8) is 0 Å². The Morgan fingerprint density at radius 1 is 1.24 bits per heavy atom. The number of hydrogen-bond acceptors (Lipinski definition) is 5. The molecule has 3 heterocycles. The minimum absolute atomic E-state index is 0.171. The lowest BCUT2D eigenvalue weighted by Gasteiger charge is -2.36. The second kappa shape index (κ2) is 8.90. The minimum atomic E-state index is -4.94. The van der Waals surface area contributed by atoms with Crippen molar-refractivity contribution in [1.82, 2.24) is 20.0 Å². The Morgan fingerprint density at radius 2 is 1.94 bits per heavy atom. The lowest BCUT2D eigenvalue weighted by atomic mass is 9.85. The second-order valence-corrected chi connectivity index (χ2v) is 8.24. The van der Waals surface area contributed by atoms with Gasteiger partial charge >= 0.3 is 12.3 Å². The number of ether oxygens (including phenoxy) is 1. The van der Waals surface area contributed by atoms with Gasteiger partial charge in [0.05, 0.1) is 19.2 Å². The maximum atomic E-state index is 14.0. The van der Waals surface area contributed by atoms with Crippen molar-refractivity contribution in [2.24, 2.45) is 0 Å². The van der Waals surface area contributed by atoms with E-state index in [1.165, 1.54) is 12.0 Å². The van der Waals surface area contributed by atoms with Crippen LogP contribution in [0.25, 0.3) is 0 Å². The number of piperidine rings is 1. The molecule has 2 N–H and O–H groups in total. The smallest absolute Gasteiger partial charge is 0.419 e. The first-order valence-corrected chi connectivity index (χ1v) is 10.5. The Balaban J connectivity index is 1.49. The summed E-state index contributed by atoms with van der Waals surface area (Å²) in [6.07, 6.45) is -5.73. The number of carbonyl (C=O) groups excluding carboxylic acids is 1. The van der Waals surface area contributed by atoms with Crippen LogP contribution >= 0.6 is 0 Å². The number of methoxy groups -OCH3 is 1. The highest BCUT2D eigenvalue weighted by Gasteiger charge is 2.40. The van der Waals surface area contributed by atoms with Gasteiger partial charge in [-0.3, -0.25) is 10.00 Å². The van der Waals surface area contributed by atoms with E-state index in [4.69, 9.17) is 4.74 Å². The molecule has 2 aromatic rings.